The fourth-order valence-corrected chi connectivity index (χ4v) is 1.09. The Morgan fingerprint density at radius 3 is 2.69 bits per heavy atom. The van der Waals surface area contributed by atoms with Gasteiger partial charge in [-0.05, 0) is 13.0 Å². The van der Waals surface area contributed by atoms with Gasteiger partial charge in [0.15, 0.2) is 5.88 Å². The topological polar surface area (TPSA) is 56.8 Å². The van der Waals surface area contributed by atoms with E-state index in [9.17, 15) is 0 Å². The Labute approximate surface area is 77.4 Å². The summed E-state index contributed by atoms with van der Waals surface area (Å²) in [4.78, 5) is 1.76. The minimum atomic E-state index is -0.726. The summed E-state index contributed by atoms with van der Waals surface area (Å²) in [5.41, 5.74) is 0. The monoisotopic (exact) mass is 185 g/mol. The molecule has 0 aliphatic carbocycles. The van der Waals surface area contributed by atoms with Gasteiger partial charge in [0.05, 0.1) is 12.7 Å². The highest BCUT2D eigenvalue weighted by molar-refractivity contribution is 5.35. The molecule has 0 aliphatic rings. The van der Waals surface area contributed by atoms with Crippen molar-refractivity contribution in [2.75, 3.05) is 25.1 Å². The van der Waals surface area contributed by atoms with Crippen LogP contribution in [0.3, 0.4) is 0 Å². The minimum Gasteiger partial charge on any atom is -0.446 e. The number of nitrogens with zero attached hydrogens (tertiary/aromatic N) is 1. The van der Waals surface area contributed by atoms with Crippen LogP contribution in [0.2, 0.25) is 0 Å². The van der Waals surface area contributed by atoms with Crippen molar-refractivity contribution in [3.05, 3.63) is 17.9 Å². The van der Waals surface area contributed by atoms with Crippen molar-refractivity contribution in [2.45, 2.75) is 13.0 Å². The lowest BCUT2D eigenvalue weighted by molar-refractivity contribution is 0.100. The van der Waals surface area contributed by atoms with Crippen LogP contribution in [-0.4, -0.2) is 36.5 Å². The van der Waals surface area contributed by atoms with Gasteiger partial charge < -0.3 is 19.5 Å². The Kier molecular flexibility index (Phi) is 3.33. The quantitative estimate of drug-likeness (QED) is 0.712. The van der Waals surface area contributed by atoms with E-state index in [1.54, 1.807) is 11.9 Å². The van der Waals surface area contributed by atoms with Crippen molar-refractivity contribution < 1.29 is 14.6 Å². The van der Waals surface area contributed by atoms with E-state index in [2.05, 4.69) is 0 Å². The third kappa shape index (κ3) is 2.75. The summed E-state index contributed by atoms with van der Waals surface area (Å²) in [6, 6.07) is 3.69. The standard InChI is InChI=1S/C9H15NO3/c1-7-3-4-9(13-7)10(2)5-8(12)6-11/h3-4,8,11-12H,5-6H2,1-2H3. The first kappa shape index (κ1) is 10.1. The molecule has 74 valence electrons. The van der Waals surface area contributed by atoms with Gasteiger partial charge in [0.1, 0.15) is 5.76 Å². The molecule has 1 heterocycles. The number of aliphatic hydroxyl groups excluding tert-OH is 2. The molecule has 4 heteroatoms. The molecule has 0 spiro atoms. The van der Waals surface area contributed by atoms with Crippen LogP contribution >= 0.6 is 0 Å². The average Bonchev–Trinajstić information content (AvgIpc) is 2.51. The maximum atomic E-state index is 9.16. The number of furan rings is 1. The van der Waals surface area contributed by atoms with E-state index in [4.69, 9.17) is 14.6 Å². The molecule has 0 saturated carbocycles. The summed E-state index contributed by atoms with van der Waals surface area (Å²) in [5, 5.41) is 17.8. The van der Waals surface area contributed by atoms with E-state index < -0.39 is 6.10 Å². The smallest absolute Gasteiger partial charge is 0.195 e. The minimum absolute atomic E-state index is 0.232. The van der Waals surface area contributed by atoms with Crippen molar-refractivity contribution in [3.63, 3.8) is 0 Å². The summed E-state index contributed by atoms with van der Waals surface area (Å²) in [7, 11) is 1.80. The second-order valence-electron chi connectivity index (χ2n) is 3.10. The third-order valence-corrected chi connectivity index (χ3v) is 1.80. The molecule has 0 saturated heterocycles. The van der Waals surface area contributed by atoms with Gasteiger partial charge in [-0.1, -0.05) is 0 Å². The van der Waals surface area contributed by atoms with Crippen molar-refractivity contribution in [1.29, 1.82) is 0 Å². The highest BCUT2D eigenvalue weighted by atomic mass is 16.4. The molecule has 1 unspecified atom stereocenters. The molecule has 1 aromatic heterocycles. The number of anilines is 1. The van der Waals surface area contributed by atoms with Crippen molar-refractivity contribution >= 4 is 5.88 Å². The van der Waals surface area contributed by atoms with Crippen LogP contribution in [-0.2, 0) is 0 Å². The van der Waals surface area contributed by atoms with Crippen LogP contribution in [0.1, 0.15) is 5.76 Å². The predicted octanol–water partition coefficient (Wildman–Crippen LogP) is 0.377. The van der Waals surface area contributed by atoms with E-state index in [1.165, 1.54) is 0 Å². The number of hydrogen-bond acceptors (Lipinski definition) is 4. The largest absolute Gasteiger partial charge is 0.446 e. The second kappa shape index (κ2) is 4.30. The van der Waals surface area contributed by atoms with Crippen LogP contribution in [0.4, 0.5) is 5.88 Å². The van der Waals surface area contributed by atoms with Crippen LogP contribution in [0.25, 0.3) is 0 Å². The van der Waals surface area contributed by atoms with Gasteiger partial charge in [-0.15, -0.1) is 0 Å². The van der Waals surface area contributed by atoms with E-state index in [0.717, 1.165) is 5.76 Å². The van der Waals surface area contributed by atoms with Crippen LogP contribution in [0.15, 0.2) is 16.5 Å². The van der Waals surface area contributed by atoms with Gasteiger partial charge in [0.2, 0.25) is 0 Å². The zero-order valence-electron chi connectivity index (χ0n) is 7.90. The third-order valence-electron chi connectivity index (χ3n) is 1.80. The highest BCUT2D eigenvalue weighted by Crippen LogP contribution is 2.16. The van der Waals surface area contributed by atoms with Gasteiger partial charge >= 0.3 is 0 Å². The normalized spacial score (nSPS) is 12.9. The Bertz CT molecular complexity index is 259. The van der Waals surface area contributed by atoms with Crippen molar-refractivity contribution in [2.24, 2.45) is 0 Å². The molecule has 2 N–H and O–H groups in total. The first-order valence-electron chi connectivity index (χ1n) is 4.20. The van der Waals surface area contributed by atoms with Gasteiger partial charge in [0.25, 0.3) is 0 Å². The first-order valence-corrected chi connectivity index (χ1v) is 4.20. The fourth-order valence-electron chi connectivity index (χ4n) is 1.09. The zero-order valence-corrected chi connectivity index (χ0v) is 7.90. The van der Waals surface area contributed by atoms with Gasteiger partial charge in [-0.25, -0.2) is 0 Å². The van der Waals surface area contributed by atoms with Gasteiger partial charge in [-0.2, -0.15) is 0 Å². The molecular formula is C9H15NO3. The number of likely N-dealkylation sites (N-methyl/N-ethyl adjacent to an activating group) is 1. The molecule has 1 rings (SSSR count). The summed E-state index contributed by atoms with van der Waals surface area (Å²) in [6.45, 7) is 1.99. The first-order chi connectivity index (χ1) is 6.13. The molecule has 0 amide bonds. The SMILES string of the molecule is Cc1ccc(N(C)CC(O)CO)o1. The number of aliphatic hydroxyl groups is 2. The number of aryl methyl sites for hydroxylation is 1. The molecule has 13 heavy (non-hydrogen) atoms. The van der Waals surface area contributed by atoms with Crippen LogP contribution in [0.5, 0.6) is 0 Å². The molecule has 4 nitrogen and oxygen atoms in total. The summed E-state index contributed by atoms with van der Waals surface area (Å²) >= 11 is 0. The lowest BCUT2D eigenvalue weighted by Gasteiger charge is -2.18. The highest BCUT2D eigenvalue weighted by Gasteiger charge is 2.09. The summed E-state index contributed by atoms with van der Waals surface area (Å²) < 4.78 is 5.32. The van der Waals surface area contributed by atoms with Gasteiger partial charge in [0, 0.05) is 19.7 Å². The summed E-state index contributed by atoms with van der Waals surface area (Å²) in [5.74, 6) is 1.53. The van der Waals surface area contributed by atoms with Crippen molar-refractivity contribution in [1.82, 2.24) is 0 Å². The molecule has 0 bridgehead atoms. The van der Waals surface area contributed by atoms with Gasteiger partial charge in [-0.3, -0.25) is 0 Å². The number of hydrogen-bond donors (Lipinski definition) is 2. The Balaban J connectivity index is 2.53. The molecule has 0 radical (unpaired) electrons. The lowest BCUT2D eigenvalue weighted by Crippen LogP contribution is -2.30. The van der Waals surface area contributed by atoms with E-state index >= 15 is 0 Å². The maximum Gasteiger partial charge on any atom is 0.195 e. The molecule has 1 aromatic rings. The Morgan fingerprint density at radius 1 is 1.54 bits per heavy atom. The second-order valence-corrected chi connectivity index (χ2v) is 3.10. The van der Waals surface area contributed by atoms with E-state index in [1.807, 2.05) is 19.1 Å². The van der Waals surface area contributed by atoms with E-state index in [-0.39, 0.29) is 6.61 Å². The Hall–Kier alpha value is -1.00. The summed E-state index contributed by atoms with van der Waals surface area (Å²) in [6.07, 6.45) is -0.726. The van der Waals surface area contributed by atoms with Crippen LogP contribution in [0, 0.1) is 6.92 Å². The lowest BCUT2D eigenvalue weighted by atomic mass is 10.3. The maximum absolute atomic E-state index is 9.16. The molecular weight excluding hydrogens is 170 g/mol. The van der Waals surface area contributed by atoms with Crippen molar-refractivity contribution in [3.8, 4) is 0 Å². The number of rotatable bonds is 4. The molecule has 1 atom stereocenters. The van der Waals surface area contributed by atoms with Crippen LogP contribution < -0.4 is 4.90 Å². The predicted molar refractivity (Wildman–Crippen MR) is 49.8 cm³/mol. The molecule has 0 fully saturated rings. The van der Waals surface area contributed by atoms with E-state index in [0.29, 0.717) is 12.4 Å². The molecule has 0 aromatic carbocycles. The Morgan fingerprint density at radius 2 is 2.23 bits per heavy atom. The average molecular weight is 185 g/mol. The fraction of sp³-hybridized carbons (Fsp3) is 0.556. The molecule has 0 aliphatic heterocycles. The zero-order chi connectivity index (χ0) is 9.84.